The van der Waals surface area contributed by atoms with Gasteiger partial charge in [-0.1, -0.05) is 23.9 Å². The van der Waals surface area contributed by atoms with Gasteiger partial charge >= 0.3 is 0 Å². The van der Waals surface area contributed by atoms with Gasteiger partial charge in [0.2, 0.25) is 0 Å². The van der Waals surface area contributed by atoms with Crippen molar-refractivity contribution in [2.24, 2.45) is 0 Å². The third-order valence-electron chi connectivity index (χ3n) is 5.23. The molecule has 0 saturated carbocycles. The lowest BCUT2D eigenvalue weighted by atomic mass is 10.1. The zero-order valence-corrected chi connectivity index (χ0v) is 19.3. The maximum Gasteiger partial charge on any atom is 0.251 e. The van der Waals surface area contributed by atoms with Gasteiger partial charge in [-0.25, -0.2) is 9.97 Å². The summed E-state index contributed by atoms with van der Waals surface area (Å²) in [5.74, 6) is 1.74. The number of thioether (sulfide) groups is 1. The molecule has 0 spiro atoms. The first-order valence-electron chi connectivity index (χ1n) is 10.6. The van der Waals surface area contributed by atoms with Crippen LogP contribution in [-0.4, -0.2) is 76.3 Å². The lowest BCUT2D eigenvalue weighted by Crippen LogP contribution is -3.12. The third-order valence-corrected chi connectivity index (χ3v) is 6.15. The van der Waals surface area contributed by atoms with E-state index in [0.717, 1.165) is 60.7 Å². The standard InChI is InChI=1S/C22H32N6OS/c1-17-14-20(28-12-10-27(4)11-13-28)25-22(24-17)30-16-18-6-5-7-19(15-18)21(29)23-8-9-26(2)3/h5-7,14-15H,8-13,16H2,1-4H3,(H,23,29)/p+2. The predicted octanol–water partition coefficient (Wildman–Crippen LogP) is -0.714. The summed E-state index contributed by atoms with van der Waals surface area (Å²) >= 11 is 1.62. The Labute approximate surface area is 183 Å². The van der Waals surface area contributed by atoms with Gasteiger partial charge in [-0.3, -0.25) is 4.79 Å². The molecule has 1 aromatic heterocycles. The summed E-state index contributed by atoms with van der Waals surface area (Å²) in [7, 11) is 6.39. The number of rotatable bonds is 8. The second-order valence-electron chi connectivity index (χ2n) is 8.30. The number of hydrogen-bond donors (Lipinski definition) is 3. The third kappa shape index (κ3) is 6.68. The van der Waals surface area contributed by atoms with Crippen LogP contribution >= 0.6 is 11.8 Å². The molecule has 162 valence electrons. The first-order valence-corrected chi connectivity index (χ1v) is 11.6. The summed E-state index contributed by atoms with van der Waals surface area (Å²) in [6.45, 7) is 7.93. The molecule has 2 heterocycles. The summed E-state index contributed by atoms with van der Waals surface area (Å²) < 4.78 is 0. The van der Waals surface area contributed by atoms with E-state index in [0.29, 0.717) is 12.1 Å². The summed E-state index contributed by atoms with van der Waals surface area (Å²) in [5, 5.41) is 3.78. The minimum absolute atomic E-state index is 0.0191. The SMILES string of the molecule is Cc1cc(N2CC[NH+](C)CC2)nc(SCc2cccc(C(=O)NCC[NH+](C)C)c2)n1. The van der Waals surface area contributed by atoms with E-state index >= 15 is 0 Å². The highest BCUT2D eigenvalue weighted by atomic mass is 32.2. The number of nitrogens with one attached hydrogen (secondary N) is 3. The van der Waals surface area contributed by atoms with Crippen LogP contribution in [0.1, 0.15) is 21.6 Å². The van der Waals surface area contributed by atoms with Crippen LogP contribution < -0.4 is 20.0 Å². The minimum atomic E-state index is -0.0191. The Bertz CT molecular complexity index is 851. The van der Waals surface area contributed by atoms with Crippen molar-refractivity contribution in [1.29, 1.82) is 0 Å². The van der Waals surface area contributed by atoms with Crippen LogP contribution in [0.2, 0.25) is 0 Å². The predicted molar refractivity (Wildman–Crippen MR) is 122 cm³/mol. The molecule has 1 fully saturated rings. The average Bonchev–Trinajstić information content (AvgIpc) is 2.72. The molecular formula is C22H34N6OS+2. The van der Waals surface area contributed by atoms with E-state index in [9.17, 15) is 4.79 Å². The minimum Gasteiger partial charge on any atom is -0.346 e. The Hall–Kier alpha value is -2.16. The van der Waals surface area contributed by atoms with Gasteiger partial charge in [0, 0.05) is 23.1 Å². The van der Waals surface area contributed by atoms with Crippen LogP contribution in [0.15, 0.2) is 35.5 Å². The van der Waals surface area contributed by atoms with E-state index in [1.807, 2.05) is 31.2 Å². The van der Waals surface area contributed by atoms with Gasteiger partial charge in [0.1, 0.15) is 5.82 Å². The number of aryl methyl sites for hydroxylation is 1. The molecule has 0 bridgehead atoms. The summed E-state index contributed by atoms with van der Waals surface area (Å²) in [6.07, 6.45) is 0. The van der Waals surface area contributed by atoms with Crippen molar-refractivity contribution in [3.63, 3.8) is 0 Å². The number of nitrogens with zero attached hydrogens (tertiary/aromatic N) is 3. The lowest BCUT2D eigenvalue weighted by Gasteiger charge is -2.31. The van der Waals surface area contributed by atoms with Crippen LogP contribution in [0.5, 0.6) is 0 Å². The second-order valence-corrected chi connectivity index (χ2v) is 9.24. The molecule has 0 radical (unpaired) electrons. The molecule has 0 unspecified atom stereocenters. The Morgan fingerprint density at radius 3 is 2.73 bits per heavy atom. The Balaban J connectivity index is 1.61. The quantitative estimate of drug-likeness (QED) is 0.381. The van der Waals surface area contributed by atoms with Crippen LogP contribution in [-0.2, 0) is 5.75 Å². The maximum absolute atomic E-state index is 12.4. The van der Waals surface area contributed by atoms with Crippen molar-refractivity contribution >= 4 is 23.5 Å². The van der Waals surface area contributed by atoms with E-state index in [-0.39, 0.29) is 5.91 Å². The number of anilines is 1. The van der Waals surface area contributed by atoms with Gasteiger partial charge in [0.05, 0.1) is 60.4 Å². The largest absolute Gasteiger partial charge is 0.346 e. The van der Waals surface area contributed by atoms with E-state index in [4.69, 9.17) is 4.98 Å². The molecule has 1 amide bonds. The highest BCUT2D eigenvalue weighted by Gasteiger charge is 2.19. The number of hydrogen-bond acceptors (Lipinski definition) is 5. The fourth-order valence-electron chi connectivity index (χ4n) is 3.35. The zero-order valence-electron chi connectivity index (χ0n) is 18.5. The number of benzene rings is 1. The fraction of sp³-hybridized carbons (Fsp3) is 0.500. The molecule has 1 saturated heterocycles. The van der Waals surface area contributed by atoms with Crippen LogP contribution in [0.4, 0.5) is 5.82 Å². The molecule has 3 rings (SSSR count). The summed E-state index contributed by atoms with van der Waals surface area (Å²) in [5.41, 5.74) is 2.79. The summed E-state index contributed by atoms with van der Waals surface area (Å²) in [4.78, 5) is 27.0. The monoisotopic (exact) mass is 430 g/mol. The molecular weight excluding hydrogens is 396 g/mol. The Kier molecular flexibility index (Phi) is 8.07. The molecule has 3 N–H and O–H groups in total. The van der Waals surface area contributed by atoms with E-state index in [2.05, 4.69) is 42.4 Å². The highest BCUT2D eigenvalue weighted by Crippen LogP contribution is 2.23. The fourth-order valence-corrected chi connectivity index (χ4v) is 4.19. The lowest BCUT2D eigenvalue weighted by molar-refractivity contribution is -0.880. The number of likely N-dealkylation sites (N-methyl/N-ethyl adjacent to an activating group) is 2. The number of carbonyl (C=O) groups is 1. The van der Waals surface area contributed by atoms with Crippen molar-refractivity contribution in [3.8, 4) is 0 Å². The zero-order chi connectivity index (χ0) is 21.5. The van der Waals surface area contributed by atoms with Crippen molar-refractivity contribution in [3.05, 3.63) is 47.2 Å². The molecule has 30 heavy (non-hydrogen) atoms. The molecule has 1 aromatic carbocycles. The van der Waals surface area contributed by atoms with Crippen molar-refractivity contribution in [2.75, 3.05) is 65.3 Å². The molecule has 7 nitrogen and oxygen atoms in total. The van der Waals surface area contributed by atoms with Gasteiger partial charge in [-0.2, -0.15) is 0 Å². The second kappa shape index (κ2) is 10.7. The van der Waals surface area contributed by atoms with Crippen LogP contribution in [0.3, 0.4) is 0 Å². The Morgan fingerprint density at radius 2 is 2.00 bits per heavy atom. The van der Waals surface area contributed by atoms with E-state index in [1.165, 1.54) is 4.90 Å². The van der Waals surface area contributed by atoms with Crippen LogP contribution in [0, 0.1) is 6.92 Å². The number of carbonyl (C=O) groups excluding carboxylic acids is 1. The van der Waals surface area contributed by atoms with Crippen molar-refractivity contribution in [2.45, 2.75) is 17.8 Å². The topological polar surface area (TPSA) is 67.0 Å². The highest BCUT2D eigenvalue weighted by molar-refractivity contribution is 7.98. The molecule has 2 aromatic rings. The Morgan fingerprint density at radius 1 is 1.23 bits per heavy atom. The van der Waals surface area contributed by atoms with Crippen LogP contribution in [0.25, 0.3) is 0 Å². The van der Waals surface area contributed by atoms with E-state index in [1.54, 1.807) is 16.7 Å². The van der Waals surface area contributed by atoms with Crippen molar-refractivity contribution < 1.29 is 14.6 Å². The van der Waals surface area contributed by atoms with Gasteiger partial charge in [0.15, 0.2) is 5.16 Å². The van der Waals surface area contributed by atoms with Gasteiger partial charge in [-0.15, -0.1) is 0 Å². The molecule has 8 heteroatoms. The number of quaternary nitrogens is 2. The summed E-state index contributed by atoms with van der Waals surface area (Å²) in [6, 6.07) is 9.89. The molecule has 0 atom stereocenters. The van der Waals surface area contributed by atoms with Crippen molar-refractivity contribution in [1.82, 2.24) is 15.3 Å². The van der Waals surface area contributed by atoms with Gasteiger partial charge < -0.3 is 20.0 Å². The van der Waals surface area contributed by atoms with Gasteiger partial charge in [-0.05, 0) is 24.6 Å². The first kappa shape index (κ1) is 22.5. The maximum atomic E-state index is 12.4. The first-order chi connectivity index (χ1) is 14.4. The number of piperazine rings is 1. The smallest absolute Gasteiger partial charge is 0.251 e. The van der Waals surface area contributed by atoms with Gasteiger partial charge in [0.25, 0.3) is 5.91 Å². The molecule has 1 aliphatic heterocycles. The normalized spacial score (nSPS) is 14.9. The van der Waals surface area contributed by atoms with E-state index < -0.39 is 0 Å². The number of aromatic nitrogens is 2. The molecule has 1 aliphatic rings. The number of amides is 1. The average molecular weight is 431 g/mol. The molecule has 0 aliphatic carbocycles.